The molecule has 0 aromatic heterocycles. The highest BCUT2D eigenvalue weighted by atomic mass is 16.5. The Balaban J connectivity index is 2.66. The summed E-state index contributed by atoms with van der Waals surface area (Å²) in [5.41, 5.74) is 11.1. The van der Waals surface area contributed by atoms with E-state index in [1.165, 1.54) is 17.1 Å². The molecule has 112 valence electrons. The average molecular weight is 283 g/mol. The molecule has 1 rings (SSSR count). The lowest BCUT2D eigenvalue weighted by Crippen LogP contribution is -2.54. The third kappa shape index (κ3) is 3.80. The molecule has 0 radical (unpaired) electrons. The van der Waals surface area contributed by atoms with Crippen LogP contribution < -0.4 is 11.5 Å². The summed E-state index contributed by atoms with van der Waals surface area (Å²) >= 11 is 0. The van der Waals surface area contributed by atoms with Gasteiger partial charge in [-0.25, -0.2) is 4.79 Å². The lowest BCUT2D eigenvalue weighted by atomic mass is 10.1. The minimum Gasteiger partial charge on any atom is -0.457 e. The van der Waals surface area contributed by atoms with Gasteiger partial charge in [0, 0.05) is 12.6 Å². The van der Waals surface area contributed by atoms with Gasteiger partial charge in [-0.15, -0.1) is 0 Å². The molecule has 0 saturated carbocycles. The number of rotatable bonds is 5. The predicted octanol–water partition coefficient (Wildman–Crippen LogP) is -0.702. The van der Waals surface area contributed by atoms with Crippen LogP contribution in [-0.4, -0.2) is 47.4 Å². The molecule has 3 atom stereocenters. The minimum absolute atomic E-state index is 0.424. The Kier molecular flexibility index (Phi) is 5.69. The molecule has 0 aliphatic carbocycles. The van der Waals surface area contributed by atoms with Crippen LogP contribution in [0.4, 0.5) is 0 Å². The molecule has 0 bridgehead atoms. The van der Waals surface area contributed by atoms with Crippen molar-refractivity contribution in [1.82, 2.24) is 4.90 Å². The molecule has 4 N–H and O–H groups in total. The fraction of sp³-hybridized carbons (Fsp3) is 0.615. The maximum absolute atomic E-state index is 12.2. The van der Waals surface area contributed by atoms with Gasteiger partial charge in [0.25, 0.3) is 0 Å². The number of hydrogen-bond donors (Lipinski definition) is 2. The van der Waals surface area contributed by atoms with Gasteiger partial charge in [-0.3, -0.25) is 9.59 Å². The van der Waals surface area contributed by atoms with Crippen LogP contribution in [0.25, 0.3) is 0 Å². The molecule has 1 heterocycles. The van der Waals surface area contributed by atoms with E-state index in [1.807, 2.05) is 0 Å². The summed E-state index contributed by atoms with van der Waals surface area (Å²) in [4.78, 5) is 36.2. The number of carbonyl (C=O) groups is 3. The number of nitrogens with zero attached hydrogens (tertiary/aromatic N) is 1. The van der Waals surface area contributed by atoms with Gasteiger partial charge in [-0.1, -0.05) is 6.08 Å². The summed E-state index contributed by atoms with van der Waals surface area (Å²) in [7, 11) is 0. The molecule has 0 spiro atoms. The van der Waals surface area contributed by atoms with Gasteiger partial charge in [-0.2, -0.15) is 0 Å². The molecule has 2 amide bonds. The van der Waals surface area contributed by atoms with Crippen molar-refractivity contribution in [3.63, 3.8) is 0 Å². The van der Waals surface area contributed by atoms with Gasteiger partial charge in [0.1, 0.15) is 18.2 Å². The molecule has 1 aliphatic rings. The molecule has 7 nitrogen and oxygen atoms in total. The zero-order valence-electron chi connectivity index (χ0n) is 11.7. The van der Waals surface area contributed by atoms with E-state index >= 15 is 0 Å². The smallest absolute Gasteiger partial charge is 0.330 e. The van der Waals surface area contributed by atoms with Crippen molar-refractivity contribution in [3.8, 4) is 0 Å². The number of allylic oxidation sites excluding steroid dienone is 1. The van der Waals surface area contributed by atoms with Crippen LogP contribution in [0.5, 0.6) is 0 Å². The first kappa shape index (κ1) is 16.2. The Morgan fingerprint density at radius 1 is 1.40 bits per heavy atom. The zero-order chi connectivity index (χ0) is 15.3. The first-order chi connectivity index (χ1) is 9.38. The first-order valence-corrected chi connectivity index (χ1v) is 6.57. The van der Waals surface area contributed by atoms with E-state index in [4.69, 9.17) is 16.2 Å². The van der Waals surface area contributed by atoms with E-state index in [0.717, 1.165) is 0 Å². The van der Waals surface area contributed by atoms with Crippen LogP contribution in [0.3, 0.4) is 0 Å². The predicted molar refractivity (Wildman–Crippen MR) is 72.3 cm³/mol. The molecule has 1 aliphatic heterocycles. The van der Waals surface area contributed by atoms with Gasteiger partial charge < -0.3 is 21.1 Å². The monoisotopic (exact) mass is 283 g/mol. The van der Waals surface area contributed by atoms with Crippen molar-refractivity contribution in [2.75, 3.05) is 6.54 Å². The number of hydrogen-bond acceptors (Lipinski definition) is 5. The summed E-state index contributed by atoms with van der Waals surface area (Å²) in [6, 6.07) is -1.63. The molecule has 1 saturated heterocycles. The Morgan fingerprint density at radius 2 is 2.05 bits per heavy atom. The largest absolute Gasteiger partial charge is 0.457 e. The summed E-state index contributed by atoms with van der Waals surface area (Å²) in [6.07, 6.45) is 3.25. The fourth-order valence-electron chi connectivity index (χ4n) is 2.15. The van der Waals surface area contributed by atoms with Gasteiger partial charge in [0.05, 0.1) is 0 Å². The average Bonchev–Trinajstić information content (AvgIpc) is 2.86. The van der Waals surface area contributed by atoms with Crippen LogP contribution in [0.15, 0.2) is 12.2 Å². The normalized spacial score (nSPS) is 21.8. The molecule has 0 aromatic rings. The van der Waals surface area contributed by atoms with Gasteiger partial charge >= 0.3 is 5.97 Å². The standard InChI is InChI=1S/C13H21N3O4/c1-3-5-10(17)20-8(2)11(14)13(19)16-7-4-6-9(16)12(15)18/h3,5,8-9,11H,4,6-7,14H2,1-2H3,(H2,15,18)/b5-3+/t8-,9?,11+/m1/s1. The topological polar surface area (TPSA) is 116 Å². The molecule has 7 heteroatoms. The Hall–Kier alpha value is -1.89. The Bertz CT molecular complexity index is 422. The van der Waals surface area contributed by atoms with Crippen molar-refractivity contribution < 1.29 is 19.1 Å². The van der Waals surface area contributed by atoms with E-state index < -0.39 is 36.0 Å². The number of likely N-dealkylation sites (tertiary alicyclic amines) is 1. The van der Waals surface area contributed by atoms with Crippen LogP contribution in [0.2, 0.25) is 0 Å². The Labute approximate surface area is 117 Å². The lowest BCUT2D eigenvalue weighted by molar-refractivity contribution is -0.148. The summed E-state index contributed by atoms with van der Waals surface area (Å²) in [5.74, 6) is -1.52. The highest BCUT2D eigenvalue weighted by molar-refractivity contribution is 5.90. The third-order valence-electron chi connectivity index (χ3n) is 3.26. The number of nitrogens with two attached hydrogens (primary N) is 2. The Morgan fingerprint density at radius 3 is 2.60 bits per heavy atom. The summed E-state index contributed by atoms with van der Waals surface area (Å²) < 4.78 is 5.01. The number of amides is 2. The van der Waals surface area contributed by atoms with Crippen molar-refractivity contribution in [3.05, 3.63) is 12.2 Å². The minimum atomic E-state index is -1.01. The maximum atomic E-state index is 12.2. The quantitative estimate of drug-likeness (QED) is 0.511. The van der Waals surface area contributed by atoms with Gasteiger partial charge in [0.15, 0.2) is 0 Å². The molecular weight excluding hydrogens is 262 g/mol. The van der Waals surface area contributed by atoms with Gasteiger partial charge in [-0.05, 0) is 26.7 Å². The van der Waals surface area contributed by atoms with E-state index in [2.05, 4.69) is 0 Å². The highest BCUT2D eigenvalue weighted by Gasteiger charge is 2.37. The molecule has 1 fully saturated rings. The number of esters is 1. The van der Waals surface area contributed by atoms with Crippen molar-refractivity contribution in [1.29, 1.82) is 0 Å². The molecule has 20 heavy (non-hydrogen) atoms. The van der Waals surface area contributed by atoms with Crippen LogP contribution in [-0.2, 0) is 19.1 Å². The second kappa shape index (κ2) is 7.04. The molecule has 0 aromatic carbocycles. The van der Waals surface area contributed by atoms with E-state index in [9.17, 15) is 14.4 Å². The van der Waals surface area contributed by atoms with E-state index in [1.54, 1.807) is 13.8 Å². The van der Waals surface area contributed by atoms with Crippen molar-refractivity contribution in [2.24, 2.45) is 11.5 Å². The van der Waals surface area contributed by atoms with Crippen molar-refractivity contribution >= 4 is 17.8 Å². The van der Waals surface area contributed by atoms with E-state index in [-0.39, 0.29) is 0 Å². The fourth-order valence-corrected chi connectivity index (χ4v) is 2.15. The lowest BCUT2D eigenvalue weighted by Gasteiger charge is -2.27. The van der Waals surface area contributed by atoms with Crippen molar-refractivity contribution in [2.45, 2.75) is 44.9 Å². The second-order valence-corrected chi connectivity index (χ2v) is 4.76. The van der Waals surface area contributed by atoms with E-state index in [0.29, 0.717) is 19.4 Å². The summed E-state index contributed by atoms with van der Waals surface area (Å²) in [6.45, 7) is 3.66. The third-order valence-corrected chi connectivity index (χ3v) is 3.26. The van der Waals surface area contributed by atoms with Crippen LogP contribution >= 0.6 is 0 Å². The molecular formula is C13H21N3O4. The number of carbonyl (C=O) groups excluding carboxylic acids is 3. The summed E-state index contributed by atoms with van der Waals surface area (Å²) in [5, 5.41) is 0. The number of primary amides is 1. The SMILES string of the molecule is C/C=C/C(=O)O[C@H](C)[C@H](N)C(=O)N1CCCC1C(N)=O. The first-order valence-electron chi connectivity index (χ1n) is 6.57. The van der Waals surface area contributed by atoms with Gasteiger partial charge in [0.2, 0.25) is 11.8 Å². The highest BCUT2D eigenvalue weighted by Crippen LogP contribution is 2.18. The molecule has 1 unspecified atom stereocenters. The zero-order valence-corrected chi connectivity index (χ0v) is 11.7. The van der Waals surface area contributed by atoms with Crippen LogP contribution in [0, 0.1) is 0 Å². The second-order valence-electron chi connectivity index (χ2n) is 4.76. The number of ether oxygens (including phenoxy) is 1. The van der Waals surface area contributed by atoms with Crippen LogP contribution in [0.1, 0.15) is 26.7 Å². The maximum Gasteiger partial charge on any atom is 0.330 e.